The molecule has 2 aromatic rings. The molecule has 20 heavy (non-hydrogen) atoms. The second kappa shape index (κ2) is 5.57. The Bertz CT molecular complexity index is 674. The molecule has 2 aromatic carbocycles. The minimum atomic E-state index is -1.04. The van der Waals surface area contributed by atoms with Crippen LogP contribution in [0.15, 0.2) is 42.5 Å². The molecular formula is C16H14O4. The number of hydrogen-bond acceptors (Lipinski definition) is 3. The number of carbonyl (C=O) groups is 2. The van der Waals surface area contributed by atoms with Crippen LogP contribution in [0.5, 0.6) is 5.75 Å². The molecule has 0 bridgehead atoms. The summed E-state index contributed by atoms with van der Waals surface area (Å²) in [7, 11) is 1.48. The molecule has 0 fully saturated rings. The topological polar surface area (TPSA) is 63.6 Å². The van der Waals surface area contributed by atoms with E-state index in [0.717, 1.165) is 0 Å². The predicted molar refractivity (Wildman–Crippen MR) is 75.4 cm³/mol. The minimum absolute atomic E-state index is 0.0581. The minimum Gasteiger partial charge on any atom is -0.497 e. The van der Waals surface area contributed by atoms with Crippen LogP contribution in [-0.4, -0.2) is 24.0 Å². The summed E-state index contributed by atoms with van der Waals surface area (Å²) in [6, 6.07) is 11.8. The maximum atomic E-state index is 11.4. The van der Waals surface area contributed by atoms with Crippen molar-refractivity contribution in [3.05, 3.63) is 53.6 Å². The molecule has 102 valence electrons. The Balaban J connectivity index is 2.60. The Hall–Kier alpha value is -2.62. The summed E-state index contributed by atoms with van der Waals surface area (Å²) in [5.41, 5.74) is 1.94. The van der Waals surface area contributed by atoms with Gasteiger partial charge in [-0.1, -0.05) is 18.2 Å². The third-order valence-electron chi connectivity index (χ3n) is 3.04. The van der Waals surface area contributed by atoms with E-state index in [1.165, 1.54) is 20.1 Å². The van der Waals surface area contributed by atoms with Crippen molar-refractivity contribution in [3.8, 4) is 16.9 Å². The van der Waals surface area contributed by atoms with E-state index < -0.39 is 5.97 Å². The molecule has 0 unspecified atom stereocenters. The van der Waals surface area contributed by atoms with Gasteiger partial charge < -0.3 is 9.84 Å². The zero-order valence-electron chi connectivity index (χ0n) is 11.2. The molecule has 1 N–H and O–H groups in total. The molecule has 0 spiro atoms. The van der Waals surface area contributed by atoms with Crippen molar-refractivity contribution in [3.63, 3.8) is 0 Å². The number of rotatable bonds is 4. The zero-order chi connectivity index (χ0) is 14.7. The van der Waals surface area contributed by atoms with Gasteiger partial charge in [0, 0.05) is 5.56 Å². The van der Waals surface area contributed by atoms with Crippen LogP contribution in [0.3, 0.4) is 0 Å². The van der Waals surface area contributed by atoms with Crippen LogP contribution in [-0.2, 0) is 0 Å². The third-order valence-corrected chi connectivity index (χ3v) is 3.04. The number of hydrogen-bond donors (Lipinski definition) is 1. The number of carboxylic acid groups (broad SMARTS) is 1. The first-order chi connectivity index (χ1) is 9.52. The van der Waals surface area contributed by atoms with Crippen molar-refractivity contribution in [2.24, 2.45) is 0 Å². The van der Waals surface area contributed by atoms with Gasteiger partial charge in [-0.3, -0.25) is 4.79 Å². The fourth-order valence-corrected chi connectivity index (χ4v) is 1.98. The van der Waals surface area contributed by atoms with Gasteiger partial charge >= 0.3 is 5.97 Å². The van der Waals surface area contributed by atoms with Gasteiger partial charge in [-0.2, -0.15) is 0 Å². The Morgan fingerprint density at radius 1 is 1.10 bits per heavy atom. The molecule has 4 nitrogen and oxygen atoms in total. The molecule has 0 heterocycles. The van der Waals surface area contributed by atoms with Crippen LogP contribution in [0, 0.1) is 0 Å². The largest absolute Gasteiger partial charge is 0.497 e. The highest BCUT2D eigenvalue weighted by Gasteiger charge is 2.13. The number of methoxy groups -OCH3 is 1. The number of aromatic carboxylic acids is 1. The predicted octanol–water partition coefficient (Wildman–Crippen LogP) is 3.26. The monoisotopic (exact) mass is 270 g/mol. The van der Waals surface area contributed by atoms with Gasteiger partial charge in [0.05, 0.1) is 12.7 Å². The van der Waals surface area contributed by atoms with Crippen molar-refractivity contribution < 1.29 is 19.4 Å². The number of Topliss-reactive ketones (excluding diaryl/α,β-unsaturated/α-hetero) is 1. The van der Waals surface area contributed by atoms with Gasteiger partial charge in [-0.05, 0) is 42.3 Å². The fraction of sp³-hybridized carbons (Fsp3) is 0.125. The van der Waals surface area contributed by atoms with Gasteiger partial charge in [-0.15, -0.1) is 0 Å². The molecule has 0 aliphatic carbocycles. The number of ketones is 1. The van der Waals surface area contributed by atoms with E-state index in [2.05, 4.69) is 0 Å². The molecule has 0 aliphatic heterocycles. The fourth-order valence-electron chi connectivity index (χ4n) is 1.98. The Morgan fingerprint density at radius 3 is 2.45 bits per heavy atom. The molecule has 4 heteroatoms. The lowest BCUT2D eigenvalue weighted by Gasteiger charge is -2.09. The lowest BCUT2D eigenvalue weighted by atomic mass is 9.97. The zero-order valence-corrected chi connectivity index (χ0v) is 11.2. The smallest absolute Gasteiger partial charge is 0.336 e. The molecular weight excluding hydrogens is 256 g/mol. The van der Waals surface area contributed by atoms with Gasteiger partial charge in [-0.25, -0.2) is 4.79 Å². The van der Waals surface area contributed by atoms with E-state index in [9.17, 15) is 14.7 Å². The van der Waals surface area contributed by atoms with Gasteiger partial charge in [0.25, 0.3) is 0 Å². The Kier molecular flexibility index (Phi) is 3.84. The second-order valence-corrected chi connectivity index (χ2v) is 4.35. The summed E-state index contributed by atoms with van der Waals surface area (Å²) in [5.74, 6) is -0.613. The van der Waals surface area contributed by atoms with Crippen molar-refractivity contribution in [2.75, 3.05) is 7.11 Å². The second-order valence-electron chi connectivity index (χ2n) is 4.35. The van der Waals surface area contributed by atoms with Crippen molar-refractivity contribution in [1.29, 1.82) is 0 Å². The lowest BCUT2D eigenvalue weighted by molar-refractivity contribution is 0.0697. The highest BCUT2D eigenvalue weighted by atomic mass is 16.5. The summed E-state index contributed by atoms with van der Waals surface area (Å²) in [5, 5.41) is 9.30. The SMILES string of the molecule is COc1ccc(-c2cccc(C(C)=O)c2)c(C(=O)O)c1. The quantitative estimate of drug-likeness (QED) is 0.866. The lowest BCUT2D eigenvalue weighted by Crippen LogP contribution is -2.01. The maximum Gasteiger partial charge on any atom is 0.336 e. The van der Waals surface area contributed by atoms with E-state index in [4.69, 9.17) is 4.74 Å². The summed E-state index contributed by atoms with van der Waals surface area (Å²) in [6.07, 6.45) is 0. The van der Waals surface area contributed by atoms with E-state index in [-0.39, 0.29) is 11.3 Å². The first-order valence-corrected chi connectivity index (χ1v) is 6.05. The summed E-state index contributed by atoms with van der Waals surface area (Å²) < 4.78 is 5.04. The molecule has 0 aromatic heterocycles. The maximum absolute atomic E-state index is 11.4. The Labute approximate surface area is 116 Å². The number of carbonyl (C=O) groups excluding carboxylic acids is 1. The van der Waals surface area contributed by atoms with Crippen LogP contribution in [0.4, 0.5) is 0 Å². The Morgan fingerprint density at radius 2 is 1.85 bits per heavy atom. The van der Waals surface area contributed by atoms with Crippen molar-refractivity contribution in [2.45, 2.75) is 6.92 Å². The van der Waals surface area contributed by atoms with E-state index in [1.807, 2.05) is 0 Å². The molecule has 0 aliphatic rings. The molecule has 0 amide bonds. The van der Waals surface area contributed by atoms with Crippen LogP contribution in [0.1, 0.15) is 27.6 Å². The molecule has 0 saturated carbocycles. The van der Waals surface area contributed by atoms with E-state index in [1.54, 1.807) is 36.4 Å². The molecule has 2 rings (SSSR count). The summed E-state index contributed by atoms with van der Waals surface area (Å²) in [6.45, 7) is 1.48. The third kappa shape index (κ3) is 2.69. The number of benzene rings is 2. The number of ether oxygens (including phenoxy) is 1. The van der Waals surface area contributed by atoms with Crippen LogP contribution in [0.25, 0.3) is 11.1 Å². The average Bonchev–Trinajstić information content (AvgIpc) is 2.46. The standard InChI is InChI=1S/C16H14O4/c1-10(17)11-4-3-5-12(8-11)14-7-6-13(20-2)9-15(14)16(18)19/h3-9H,1-2H3,(H,18,19). The average molecular weight is 270 g/mol. The highest BCUT2D eigenvalue weighted by Crippen LogP contribution is 2.28. The highest BCUT2D eigenvalue weighted by molar-refractivity contribution is 5.99. The molecule has 0 radical (unpaired) electrons. The van der Waals surface area contributed by atoms with Crippen LogP contribution < -0.4 is 4.74 Å². The van der Waals surface area contributed by atoms with E-state index >= 15 is 0 Å². The molecule has 0 saturated heterocycles. The van der Waals surface area contributed by atoms with Crippen molar-refractivity contribution >= 4 is 11.8 Å². The first kappa shape index (κ1) is 13.8. The summed E-state index contributed by atoms with van der Waals surface area (Å²) in [4.78, 5) is 22.8. The first-order valence-electron chi connectivity index (χ1n) is 6.05. The summed E-state index contributed by atoms with van der Waals surface area (Å²) >= 11 is 0. The normalized spacial score (nSPS) is 10.1. The van der Waals surface area contributed by atoms with Gasteiger partial charge in [0.15, 0.2) is 5.78 Å². The van der Waals surface area contributed by atoms with Crippen LogP contribution in [0.2, 0.25) is 0 Å². The van der Waals surface area contributed by atoms with Gasteiger partial charge in [0.2, 0.25) is 0 Å². The van der Waals surface area contributed by atoms with E-state index in [0.29, 0.717) is 22.4 Å². The molecule has 0 atom stereocenters. The van der Waals surface area contributed by atoms with Crippen molar-refractivity contribution in [1.82, 2.24) is 0 Å². The van der Waals surface area contributed by atoms with Crippen LogP contribution >= 0.6 is 0 Å². The number of carboxylic acids is 1. The van der Waals surface area contributed by atoms with Gasteiger partial charge in [0.1, 0.15) is 5.75 Å².